The van der Waals surface area contributed by atoms with Gasteiger partial charge in [0.05, 0.1) is 10.7 Å². The number of aryl methyl sites for hydroxylation is 1. The highest BCUT2D eigenvalue weighted by atomic mass is 35.5. The number of benzene rings is 2. The third-order valence-corrected chi connectivity index (χ3v) is 3.81. The van der Waals surface area contributed by atoms with Gasteiger partial charge < -0.3 is 10.2 Å². The van der Waals surface area contributed by atoms with Crippen molar-refractivity contribution in [3.8, 4) is 0 Å². The Balaban J connectivity index is 2.17. The van der Waals surface area contributed by atoms with Crippen LogP contribution in [0, 0.1) is 6.92 Å². The highest BCUT2D eigenvalue weighted by Gasteiger charge is 2.09. The average molecular weight is 289 g/mol. The van der Waals surface area contributed by atoms with E-state index in [4.69, 9.17) is 11.6 Å². The Morgan fingerprint density at radius 2 is 1.70 bits per heavy atom. The lowest BCUT2D eigenvalue weighted by Crippen LogP contribution is -2.10. The van der Waals surface area contributed by atoms with Crippen molar-refractivity contribution in [2.24, 2.45) is 0 Å². The fourth-order valence-corrected chi connectivity index (χ4v) is 2.45. The SMILES string of the molecule is Cc1cccc(Cl)c1NC(C)c1ccc(N(C)C)cc1. The standard InChI is InChI=1S/C17H21ClN2/c1-12-6-5-7-16(18)17(12)19-13(2)14-8-10-15(11-9-14)20(3)4/h5-11,13,19H,1-4H3. The van der Waals surface area contributed by atoms with Crippen LogP contribution in [0.3, 0.4) is 0 Å². The minimum absolute atomic E-state index is 0.213. The zero-order chi connectivity index (χ0) is 14.7. The van der Waals surface area contributed by atoms with E-state index in [-0.39, 0.29) is 6.04 Å². The van der Waals surface area contributed by atoms with Crippen LogP contribution in [0.2, 0.25) is 5.02 Å². The van der Waals surface area contributed by atoms with Crippen LogP contribution in [0.1, 0.15) is 24.1 Å². The number of rotatable bonds is 4. The summed E-state index contributed by atoms with van der Waals surface area (Å²) in [5.41, 5.74) is 4.62. The van der Waals surface area contributed by atoms with Gasteiger partial charge in [0, 0.05) is 25.8 Å². The van der Waals surface area contributed by atoms with Gasteiger partial charge in [-0.05, 0) is 43.2 Å². The van der Waals surface area contributed by atoms with Gasteiger partial charge in [-0.25, -0.2) is 0 Å². The summed E-state index contributed by atoms with van der Waals surface area (Å²) in [4.78, 5) is 2.10. The molecular weight excluding hydrogens is 268 g/mol. The first-order valence-electron chi connectivity index (χ1n) is 6.78. The number of halogens is 1. The normalized spacial score (nSPS) is 12.1. The highest BCUT2D eigenvalue weighted by molar-refractivity contribution is 6.33. The molecule has 1 N–H and O–H groups in total. The van der Waals surface area contributed by atoms with Gasteiger partial charge in [0.2, 0.25) is 0 Å². The lowest BCUT2D eigenvalue weighted by molar-refractivity contribution is 0.882. The molecule has 1 unspecified atom stereocenters. The van der Waals surface area contributed by atoms with Crippen LogP contribution in [0.5, 0.6) is 0 Å². The number of nitrogens with zero attached hydrogens (tertiary/aromatic N) is 1. The van der Waals surface area contributed by atoms with E-state index in [1.54, 1.807) is 0 Å². The maximum absolute atomic E-state index is 6.26. The highest BCUT2D eigenvalue weighted by Crippen LogP contribution is 2.29. The molecule has 2 aromatic rings. The van der Waals surface area contributed by atoms with E-state index in [2.05, 4.69) is 54.4 Å². The maximum atomic E-state index is 6.26. The van der Waals surface area contributed by atoms with Crippen LogP contribution in [-0.4, -0.2) is 14.1 Å². The number of anilines is 2. The van der Waals surface area contributed by atoms with E-state index in [0.29, 0.717) is 0 Å². The number of hydrogen-bond donors (Lipinski definition) is 1. The molecule has 0 aromatic heterocycles. The molecule has 0 aliphatic rings. The molecule has 20 heavy (non-hydrogen) atoms. The number of hydrogen-bond acceptors (Lipinski definition) is 2. The largest absolute Gasteiger partial charge is 0.378 e. The molecular formula is C17H21ClN2. The Hall–Kier alpha value is -1.67. The Bertz CT molecular complexity index is 556. The summed E-state index contributed by atoms with van der Waals surface area (Å²) in [6, 6.07) is 14.7. The van der Waals surface area contributed by atoms with Gasteiger partial charge in [-0.15, -0.1) is 0 Å². The summed E-state index contributed by atoms with van der Waals surface area (Å²) >= 11 is 6.26. The topological polar surface area (TPSA) is 15.3 Å². The smallest absolute Gasteiger partial charge is 0.0640 e. The molecule has 0 saturated carbocycles. The van der Waals surface area contributed by atoms with Gasteiger partial charge in [0.15, 0.2) is 0 Å². The van der Waals surface area contributed by atoms with Crippen molar-refractivity contribution in [3.05, 3.63) is 58.6 Å². The van der Waals surface area contributed by atoms with Gasteiger partial charge >= 0.3 is 0 Å². The fraction of sp³-hybridized carbons (Fsp3) is 0.294. The molecule has 0 saturated heterocycles. The van der Waals surface area contributed by atoms with E-state index >= 15 is 0 Å². The minimum Gasteiger partial charge on any atom is -0.378 e. The third-order valence-electron chi connectivity index (χ3n) is 3.49. The second-order valence-electron chi connectivity index (χ2n) is 5.28. The molecule has 0 fully saturated rings. The van der Waals surface area contributed by atoms with Crippen molar-refractivity contribution in [3.63, 3.8) is 0 Å². The Morgan fingerprint density at radius 1 is 1.05 bits per heavy atom. The van der Waals surface area contributed by atoms with Crippen molar-refractivity contribution in [2.45, 2.75) is 19.9 Å². The predicted octanol–water partition coefficient (Wildman–Crippen LogP) is 4.89. The molecule has 0 bridgehead atoms. The van der Waals surface area contributed by atoms with Crippen LogP contribution in [0.25, 0.3) is 0 Å². The molecule has 0 amide bonds. The zero-order valence-corrected chi connectivity index (χ0v) is 13.2. The first-order chi connectivity index (χ1) is 9.49. The molecule has 0 radical (unpaired) electrons. The summed E-state index contributed by atoms with van der Waals surface area (Å²) in [6.45, 7) is 4.21. The van der Waals surface area contributed by atoms with Crippen LogP contribution in [-0.2, 0) is 0 Å². The van der Waals surface area contributed by atoms with Gasteiger partial charge in [0.25, 0.3) is 0 Å². The van der Waals surface area contributed by atoms with E-state index in [0.717, 1.165) is 16.3 Å². The molecule has 3 heteroatoms. The summed E-state index contributed by atoms with van der Waals surface area (Å²) in [7, 11) is 4.09. The second-order valence-corrected chi connectivity index (χ2v) is 5.69. The van der Waals surface area contributed by atoms with Gasteiger partial charge in [-0.2, -0.15) is 0 Å². The number of nitrogens with one attached hydrogen (secondary N) is 1. The van der Waals surface area contributed by atoms with E-state index in [1.807, 2.05) is 26.2 Å². The Kier molecular flexibility index (Phi) is 4.56. The molecule has 0 aliphatic carbocycles. The predicted molar refractivity (Wildman–Crippen MR) is 89.0 cm³/mol. The molecule has 0 heterocycles. The van der Waals surface area contributed by atoms with Crippen molar-refractivity contribution < 1.29 is 0 Å². The van der Waals surface area contributed by atoms with E-state index in [9.17, 15) is 0 Å². The van der Waals surface area contributed by atoms with Crippen molar-refractivity contribution >= 4 is 23.0 Å². The third kappa shape index (κ3) is 3.26. The molecule has 106 valence electrons. The van der Waals surface area contributed by atoms with E-state index < -0.39 is 0 Å². The summed E-state index contributed by atoms with van der Waals surface area (Å²) in [5, 5.41) is 4.26. The lowest BCUT2D eigenvalue weighted by Gasteiger charge is -2.20. The van der Waals surface area contributed by atoms with Crippen molar-refractivity contribution in [1.29, 1.82) is 0 Å². The Morgan fingerprint density at radius 3 is 2.25 bits per heavy atom. The summed E-state index contributed by atoms with van der Waals surface area (Å²) in [6.07, 6.45) is 0. The number of para-hydroxylation sites is 1. The quantitative estimate of drug-likeness (QED) is 0.862. The van der Waals surface area contributed by atoms with Crippen LogP contribution in [0.15, 0.2) is 42.5 Å². The first-order valence-corrected chi connectivity index (χ1v) is 7.16. The molecule has 0 aliphatic heterocycles. The summed E-state index contributed by atoms with van der Waals surface area (Å²) < 4.78 is 0. The minimum atomic E-state index is 0.213. The van der Waals surface area contributed by atoms with Crippen molar-refractivity contribution in [2.75, 3.05) is 24.3 Å². The summed E-state index contributed by atoms with van der Waals surface area (Å²) in [5.74, 6) is 0. The fourth-order valence-electron chi connectivity index (χ4n) is 2.18. The van der Waals surface area contributed by atoms with Crippen LogP contribution in [0.4, 0.5) is 11.4 Å². The van der Waals surface area contributed by atoms with Crippen molar-refractivity contribution in [1.82, 2.24) is 0 Å². The molecule has 2 rings (SSSR count). The first kappa shape index (κ1) is 14.7. The van der Waals surface area contributed by atoms with Crippen LogP contribution < -0.4 is 10.2 Å². The molecule has 0 spiro atoms. The lowest BCUT2D eigenvalue weighted by atomic mass is 10.1. The van der Waals surface area contributed by atoms with Crippen LogP contribution >= 0.6 is 11.6 Å². The zero-order valence-electron chi connectivity index (χ0n) is 12.4. The van der Waals surface area contributed by atoms with Gasteiger partial charge in [-0.3, -0.25) is 0 Å². The molecule has 2 nitrogen and oxygen atoms in total. The maximum Gasteiger partial charge on any atom is 0.0640 e. The monoisotopic (exact) mass is 288 g/mol. The van der Waals surface area contributed by atoms with Gasteiger partial charge in [0.1, 0.15) is 0 Å². The Labute approximate surface area is 126 Å². The average Bonchev–Trinajstić information content (AvgIpc) is 2.43. The van der Waals surface area contributed by atoms with Gasteiger partial charge in [-0.1, -0.05) is 35.9 Å². The second kappa shape index (κ2) is 6.19. The van der Waals surface area contributed by atoms with E-state index in [1.165, 1.54) is 11.3 Å². The molecule has 1 atom stereocenters. The molecule has 2 aromatic carbocycles.